The van der Waals surface area contributed by atoms with Crippen LogP contribution in [0.15, 0.2) is 47.2 Å². The summed E-state index contributed by atoms with van der Waals surface area (Å²) in [5.41, 5.74) is 2.79. The third-order valence-electron chi connectivity index (χ3n) is 5.61. The van der Waals surface area contributed by atoms with E-state index in [1.165, 1.54) is 11.1 Å². The van der Waals surface area contributed by atoms with Crippen molar-refractivity contribution in [2.24, 2.45) is 0 Å². The molecular formula is C21H27N3OS. The highest BCUT2D eigenvalue weighted by molar-refractivity contribution is 7.07. The van der Waals surface area contributed by atoms with Crippen molar-refractivity contribution >= 4 is 17.2 Å². The minimum atomic E-state index is 0.300. The molecule has 1 atom stereocenters. The van der Waals surface area contributed by atoms with Gasteiger partial charge in [-0.3, -0.25) is 14.6 Å². The van der Waals surface area contributed by atoms with Gasteiger partial charge in [0.1, 0.15) is 0 Å². The van der Waals surface area contributed by atoms with Crippen LogP contribution < -0.4 is 0 Å². The SMILES string of the molecule is O=C(CN1CCC(c2ccccc2)C1)N1CCN(Cc2ccsc2)CC1. The fraction of sp³-hybridized carbons (Fsp3) is 0.476. The third-order valence-corrected chi connectivity index (χ3v) is 6.35. The van der Waals surface area contributed by atoms with Gasteiger partial charge in [0.2, 0.25) is 5.91 Å². The van der Waals surface area contributed by atoms with Gasteiger partial charge in [-0.25, -0.2) is 0 Å². The van der Waals surface area contributed by atoms with Crippen LogP contribution in [-0.4, -0.2) is 66.4 Å². The zero-order valence-corrected chi connectivity index (χ0v) is 16.0. The van der Waals surface area contributed by atoms with Gasteiger partial charge in [0.05, 0.1) is 6.54 Å². The first-order chi connectivity index (χ1) is 12.8. The molecule has 2 aliphatic rings. The van der Waals surface area contributed by atoms with Gasteiger partial charge in [0, 0.05) is 39.3 Å². The summed E-state index contributed by atoms with van der Waals surface area (Å²) >= 11 is 1.75. The summed E-state index contributed by atoms with van der Waals surface area (Å²) in [6, 6.07) is 12.9. The molecule has 2 aliphatic heterocycles. The zero-order chi connectivity index (χ0) is 17.8. The van der Waals surface area contributed by atoms with Crippen LogP contribution in [0.5, 0.6) is 0 Å². The van der Waals surface area contributed by atoms with Crippen molar-refractivity contribution in [3.05, 3.63) is 58.3 Å². The summed E-state index contributed by atoms with van der Waals surface area (Å²) in [6.07, 6.45) is 1.16. The predicted molar refractivity (Wildman–Crippen MR) is 106 cm³/mol. The van der Waals surface area contributed by atoms with E-state index in [1.54, 1.807) is 11.3 Å². The number of benzene rings is 1. The summed E-state index contributed by atoms with van der Waals surface area (Å²) in [6.45, 7) is 7.31. The number of hydrogen-bond acceptors (Lipinski definition) is 4. The molecule has 1 aromatic carbocycles. The molecule has 2 fully saturated rings. The van der Waals surface area contributed by atoms with Crippen LogP contribution in [0.3, 0.4) is 0 Å². The summed E-state index contributed by atoms with van der Waals surface area (Å²) in [7, 11) is 0. The smallest absolute Gasteiger partial charge is 0.236 e. The average molecular weight is 370 g/mol. The number of rotatable bonds is 5. The maximum absolute atomic E-state index is 12.7. The molecule has 0 bridgehead atoms. The number of hydrogen-bond donors (Lipinski definition) is 0. The van der Waals surface area contributed by atoms with E-state index in [0.29, 0.717) is 18.4 Å². The number of piperazine rings is 1. The number of likely N-dealkylation sites (tertiary alicyclic amines) is 1. The number of nitrogens with zero attached hydrogens (tertiary/aromatic N) is 3. The van der Waals surface area contributed by atoms with Gasteiger partial charge in [-0.05, 0) is 46.8 Å². The number of carbonyl (C=O) groups is 1. The normalized spacial score (nSPS) is 22.0. The lowest BCUT2D eigenvalue weighted by Gasteiger charge is -2.35. The van der Waals surface area contributed by atoms with Gasteiger partial charge in [-0.1, -0.05) is 30.3 Å². The molecule has 4 rings (SSSR count). The summed E-state index contributed by atoms with van der Waals surface area (Å²) in [5, 5.41) is 4.35. The van der Waals surface area contributed by atoms with E-state index in [2.05, 4.69) is 61.9 Å². The second-order valence-corrected chi connectivity index (χ2v) is 8.20. The van der Waals surface area contributed by atoms with Crippen molar-refractivity contribution in [2.45, 2.75) is 18.9 Å². The quantitative estimate of drug-likeness (QED) is 0.811. The fourth-order valence-electron chi connectivity index (χ4n) is 4.06. The molecule has 0 radical (unpaired) electrons. The summed E-state index contributed by atoms with van der Waals surface area (Å²) < 4.78 is 0. The molecule has 0 saturated carbocycles. The molecule has 1 amide bonds. The van der Waals surface area contributed by atoms with E-state index in [1.807, 2.05) is 0 Å². The van der Waals surface area contributed by atoms with Crippen LogP contribution in [0.4, 0.5) is 0 Å². The Hall–Kier alpha value is -1.69. The second kappa shape index (κ2) is 8.33. The Kier molecular flexibility index (Phi) is 5.68. The molecule has 1 unspecified atom stereocenters. The molecule has 4 nitrogen and oxygen atoms in total. The van der Waals surface area contributed by atoms with Gasteiger partial charge in [0.15, 0.2) is 0 Å². The van der Waals surface area contributed by atoms with Gasteiger partial charge in [0.25, 0.3) is 0 Å². The van der Waals surface area contributed by atoms with Crippen LogP contribution in [0.25, 0.3) is 0 Å². The number of amides is 1. The number of carbonyl (C=O) groups excluding carboxylic acids is 1. The lowest BCUT2D eigenvalue weighted by molar-refractivity contribution is -0.134. The van der Waals surface area contributed by atoms with Gasteiger partial charge >= 0.3 is 0 Å². The summed E-state index contributed by atoms with van der Waals surface area (Å²) in [5.74, 6) is 0.875. The Morgan fingerprint density at radius 1 is 1.00 bits per heavy atom. The molecule has 0 N–H and O–H groups in total. The molecule has 1 aromatic heterocycles. The first-order valence-electron chi connectivity index (χ1n) is 9.56. The zero-order valence-electron chi connectivity index (χ0n) is 15.2. The van der Waals surface area contributed by atoms with Crippen molar-refractivity contribution in [3.63, 3.8) is 0 Å². The first-order valence-corrected chi connectivity index (χ1v) is 10.5. The molecule has 0 aliphatic carbocycles. The topological polar surface area (TPSA) is 26.8 Å². The van der Waals surface area contributed by atoms with Gasteiger partial charge in [-0.2, -0.15) is 11.3 Å². The summed E-state index contributed by atoms with van der Waals surface area (Å²) in [4.78, 5) is 19.5. The predicted octanol–water partition coefficient (Wildman–Crippen LogP) is 2.88. The van der Waals surface area contributed by atoms with Crippen LogP contribution >= 0.6 is 11.3 Å². The monoisotopic (exact) mass is 369 g/mol. The molecule has 2 saturated heterocycles. The van der Waals surface area contributed by atoms with E-state index >= 15 is 0 Å². The largest absolute Gasteiger partial charge is 0.339 e. The molecule has 26 heavy (non-hydrogen) atoms. The average Bonchev–Trinajstić information content (AvgIpc) is 3.35. The Morgan fingerprint density at radius 2 is 1.81 bits per heavy atom. The lowest BCUT2D eigenvalue weighted by atomic mass is 9.99. The van der Waals surface area contributed by atoms with E-state index in [0.717, 1.165) is 52.2 Å². The number of thiophene rings is 1. The van der Waals surface area contributed by atoms with E-state index < -0.39 is 0 Å². The van der Waals surface area contributed by atoms with Gasteiger partial charge in [-0.15, -0.1) is 0 Å². The molecule has 3 heterocycles. The highest BCUT2D eigenvalue weighted by atomic mass is 32.1. The lowest BCUT2D eigenvalue weighted by Crippen LogP contribution is -2.50. The van der Waals surface area contributed by atoms with Crippen molar-refractivity contribution in [1.29, 1.82) is 0 Å². The highest BCUT2D eigenvalue weighted by Gasteiger charge is 2.28. The van der Waals surface area contributed by atoms with Crippen molar-refractivity contribution in [1.82, 2.24) is 14.7 Å². The maximum atomic E-state index is 12.7. The van der Waals surface area contributed by atoms with Crippen molar-refractivity contribution in [3.8, 4) is 0 Å². The second-order valence-electron chi connectivity index (χ2n) is 7.42. The fourth-order valence-corrected chi connectivity index (χ4v) is 4.72. The first kappa shape index (κ1) is 17.7. The van der Waals surface area contributed by atoms with Crippen LogP contribution in [-0.2, 0) is 11.3 Å². The van der Waals surface area contributed by atoms with Crippen LogP contribution in [0, 0.1) is 0 Å². The van der Waals surface area contributed by atoms with E-state index in [-0.39, 0.29) is 0 Å². The van der Waals surface area contributed by atoms with Crippen molar-refractivity contribution in [2.75, 3.05) is 45.8 Å². The van der Waals surface area contributed by atoms with E-state index in [4.69, 9.17) is 0 Å². The Morgan fingerprint density at radius 3 is 2.54 bits per heavy atom. The maximum Gasteiger partial charge on any atom is 0.236 e. The molecular weight excluding hydrogens is 342 g/mol. The molecule has 5 heteroatoms. The van der Waals surface area contributed by atoms with Gasteiger partial charge < -0.3 is 4.90 Å². The molecule has 0 spiro atoms. The Labute approximate surface area is 160 Å². The van der Waals surface area contributed by atoms with Crippen LogP contribution in [0.1, 0.15) is 23.5 Å². The van der Waals surface area contributed by atoms with Crippen LogP contribution in [0.2, 0.25) is 0 Å². The third kappa shape index (κ3) is 4.34. The molecule has 138 valence electrons. The standard InChI is InChI=1S/C21H27N3OS/c25-21(16-23-8-6-20(15-23)19-4-2-1-3-5-19)24-11-9-22(10-12-24)14-18-7-13-26-17-18/h1-5,7,13,17,20H,6,8-12,14-16H2. The minimum Gasteiger partial charge on any atom is -0.339 e. The Balaban J connectivity index is 1.22. The van der Waals surface area contributed by atoms with E-state index in [9.17, 15) is 4.79 Å². The van der Waals surface area contributed by atoms with Crippen molar-refractivity contribution < 1.29 is 4.79 Å². The Bertz CT molecular complexity index is 695. The minimum absolute atomic E-state index is 0.300. The highest BCUT2D eigenvalue weighted by Crippen LogP contribution is 2.26. The molecule has 2 aromatic rings.